The van der Waals surface area contributed by atoms with E-state index in [1.807, 2.05) is 4.90 Å². The molecule has 2 amide bonds. The molecule has 0 radical (unpaired) electrons. The number of nitrogens with zero attached hydrogens (tertiary/aromatic N) is 1. The van der Waals surface area contributed by atoms with Gasteiger partial charge in [-0.15, -0.1) is 0 Å². The maximum atomic E-state index is 12.0. The first-order valence-electron chi connectivity index (χ1n) is 7.40. The third kappa shape index (κ3) is 5.25. The van der Waals surface area contributed by atoms with Gasteiger partial charge in [-0.1, -0.05) is 20.3 Å². The average Bonchev–Trinajstić information content (AvgIpc) is 2.37. The van der Waals surface area contributed by atoms with Crippen molar-refractivity contribution in [2.24, 2.45) is 17.6 Å². The van der Waals surface area contributed by atoms with Crippen molar-refractivity contribution < 1.29 is 4.79 Å². The van der Waals surface area contributed by atoms with Gasteiger partial charge >= 0.3 is 6.03 Å². The average molecular weight is 255 g/mol. The summed E-state index contributed by atoms with van der Waals surface area (Å²) in [5.41, 5.74) is 5.60. The SMILES string of the molecule is CCCC(CCN)CNC(=O)N1CCC(C)CC1. The first-order valence-corrected chi connectivity index (χ1v) is 7.40. The number of carbonyl (C=O) groups excluding carboxylic acids is 1. The second kappa shape index (κ2) is 8.35. The molecule has 1 aliphatic rings. The molecule has 1 saturated heterocycles. The predicted molar refractivity (Wildman–Crippen MR) is 75.4 cm³/mol. The molecule has 4 nitrogen and oxygen atoms in total. The van der Waals surface area contributed by atoms with E-state index in [2.05, 4.69) is 19.2 Å². The van der Waals surface area contributed by atoms with E-state index in [0.717, 1.165) is 57.7 Å². The van der Waals surface area contributed by atoms with Crippen molar-refractivity contribution in [2.75, 3.05) is 26.2 Å². The lowest BCUT2D eigenvalue weighted by atomic mass is 9.99. The molecule has 18 heavy (non-hydrogen) atoms. The second-order valence-corrected chi connectivity index (χ2v) is 5.59. The van der Waals surface area contributed by atoms with Crippen LogP contribution < -0.4 is 11.1 Å². The summed E-state index contributed by atoms with van der Waals surface area (Å²) in [7, 11) is 0. The summed E-state index contributed by atoms with van der Waals surface area (Å²) in [4.78, 5) is 14.0. The van der Waals surface area contributed by atoms with Gasteiger partial charge in [0.15, 0.2) is 0 Å². The number of urea groups is 1. The number of likely N-dealkylation sites (tertiary alicyclic amines) is 1. The van der Waals surface area contributed by atoms with Crippen LogP contribution in [0.1, 0.15) is 46.0 Å². The van der Waals surface area contributed by atoms with E-state index in [0.29, 0.717) is 12.5 Å². The monoisotopic (exact) mass is 255 g/mol. The topological polar surface area (TPSA) is 58.4 Å². The Morgan fingerprint density at radius 2 is 2.06 bits per heavy atom. The number of carbonyl (C=O) groups is 1. The van der Waals surface area contributed by atoms with Gasteiger partial charge in [0, 0.05) is 19.6 Å². The van der Waals surface area contributed by atoms with E-state index in [4.69, 9.17) is 5.73 Å². The number of nitrogens with two attached hydrogens (primary N) is 1. The maximum Gasteiger partial charge on any atom is 0.317 e. The molecule has 3 N–H and O–H groups in total. The lowest BCUT2D eigenvalue weighted by Gasteiger charge is -2.31. The number of hydrogen-bond donors (Lipinski definition) is 2. The fraction of sp³-hybridized carbons (Fsp3) is 0.929. The highest BCUT2D eigenvalue weighted by Gasteiger charge is 2.20. The zero-order valence-corrected chi connectivity index (χ0v) is 12.0. The Bertz CT molecular complexity index is 231. The molecule has 106 valence electrons. The van der Waals surface area contributed by atoms with Crippen LogP contribution in [0.2, 0.25) is 0 Å². The lowest BCUT2D eigenvalue weighted by Crippen LogP contribution is -2.45. The summed E-state index contributed by atoms with van der Waals surface area (Å²) in [6, 6.07) is 0.111. The standard InChI is InChI=1S/C14H29N3O/c1-3-4-13(5-8-15)11-16-14(18)17-9-6-12(2)7-10-17/h12-13H,3-11,15H2,1-2H3,(H,16,18). The number of hydrogen-bond acceptors (Lipinski definition) is 2. The predicted octanol–water partition coefficient (Wildman–Crippen LogP) is 2.19. The number of nitrogens with one attached hydrogen (secondary N) is 1. The Hall–Kier alpha value is -0.770. The Labute approximate surface area is 111 Å². The molecule has 0 bridgehead atoms. The minimum absolute atomic E-state index is 0.111. The van der Waals surface area contributed by atoms with Crippen LogP contribution in [0.5, 0.6) is 0 Å². The van der Waals surface area contributed by atoms with Crippen molar-refractivity contribution in [3.8, 4) is 0 Å². The van der Waals surface area contributed by atoms with Gasteiger partial charge in [0.2, 0.25) is 0 Å². The first-order chi connectivity index (χ1) is 8.67. The molecule has 0 spiro atoms. The molecule has 0 aromatic heterocycles. The second-order valence-electron chi connectivity index (χ2n) is 5.59. The smallest absolute Gasteiger partial charge is 0.317 e. The summed E-state index contributed by atoms with van der Waals surface area (Å²) < 4.78 is 0. The Morgan fingerprint density at radius 3 is 2.61 bits per heavy atom. The van der Waals surface area contributed by atoms with Crippen LogP contribution in [0, 0.1) is 11.8 Å². The van der Waals surface area contributed by atoms with Crippen LogP contribution in [0.25, 0.3) is 0 Å². The van der Waals surface area contributed by atoms with Gasteiger partial charge in [-0.2, -0.15) is 0 Å². The summed E-state index contributed by atoms with van der Waals surface area (Å²) >= 11 is 0. The molecule has 1 rings (SSSR count). The van der Waals surface area contributed by atoms with Gasteiger partial charge in [0.05, 0.1) is 0 Å². The molecule has 1 heterocycles. The van der Waals surface area contributed by atoms with Crippen LogP contribution in [-0.4, -0.2) is 37.1 Å². The minimum atomic E-state index is 0.111. The quantitative estimate of drug-likeness (QED) is 0.764. The van der Waals surface area contributed by atoms with Crippen LogP contribution in [0.3, 0.4) is 0 Å². The van der Waals surface area contributed by atoms with Crippen molar-refractivity contribution >= 4 is 6.03 Å². The lowest BCUT2D eigenvalue weighted by molar-refractivity contribution is 0.172. The summed E-state index contributed by atoms with van der Waals surface area (Å²) in [5, 5.41) is 3.07. The molecule has 0 aliphatic carbocycles. The first kappa shape index (κ1) is 15.3. The fourth-order valence-electron chi connectivity index (χ4n) is 2.55. The van der Waals surface area contributed by atoms with Gasteiger partial charge in [-0.3, -0.25) is 0 Å². The molecule has 0 aromatic carbocycles. The molecule has 1 fully saturated rings. The Kier molecular flexibility index (Phi) is 7.09. The molecule has 0 aromatic rings. The largest absolute Gasteiger partial charge is 0.338 e. The molecular formula is C14H29N3O. The minimum Gasteiger partial charge on any atom is -0.338 e. The van der Waals surface area contributed by atoms with Crippen LogP contribution in [0.4, 0.5) is 4.79 Å². The number of piperidine rings is 1. The van der Waals surface area contributed by atoms with E-state index in [1.165, 1.54) is 0 Å². The highest BCUT2D eigenvalue weighted by molar-refractivity contribution is 5.74. The summed E-state index contributed by atoms with van der Waals surface area (Å²) in [6.45, 7) is 7.73. The highest BCUT2D eigenvalue weighted by Crippen LogP contribution is 2.16. The molecule has 1 atom stereocenters. The van der Waals surface area contributed by atoms with E-state index >= 15 is 0 Å². The summed E-state index contributed by atoms with van der Waals surface area (Å²) in [5.74, 6) is 1.30. The molecular weight excluding hydrogens is 226 g/mol. The van der Waals surface area contributed by atoms with Gasteiger partial charge in [0.1, 0.15) is 0 Å². The van der Waals surface area contributed by atoms with E-state index < -0.39 is 0 Å². The van der Waals surface area contributed by atoms with Crippen molar-refractivity contribution in [1.82, 2.24) is 10.2 Å². The van der Waals surface area contributed by atoms with Gasteiger partial charge in [-0.25, -0.2) is 4.79 Å². The van der Waals surface area contributed by atoms with E-state index in [1.54, 1.807) is 0 Å². The van der Waals surface area contributed by atoms with Crippen LogP contribution in [0.15, 0.2) is 0 Å². The van der Waals surface area contributed by atoms with E-state index in [-0.39, 0.29) is 6.03 Å². The number of rotatable bonds is 6. The zero-order valence-electron chi connectivity index (χ0n) is 12.0. The van der Waals surface area contributed by atoms with Crippen LogP contribution >= 0.6 is 0 Å². The summed E-state index contributed by atoms with van der Waals surface area (Å²) in [6.07, 6.45) is 5.57. The van der Waals surface area contributed by atoms with Crippen molar-refractivity contribution in [3.05, 3.63) is 0 Å². The molecule has 4 heteroatoms. The van der Waals surface area contributed by atoms with Crippen LogP contribution in [-0.2, 0) is 0 Å². The van der Waals surface area contributed by atoms with Crippen molar-refractivity contribution in [2.45, 2.75) is 46.0 Å². The molecule has 1 aliphatic heterocycles. The van der Waals surface area contributed by atoms with Crippen molar-refractivity contribution in [1.29, 1.82) is 0 Å². The van der Waals surface area contributed by atoms with Gasteiger partial charge in [-0.05, 0) is 44.1 Å². The molecule has 0 saturated carbocycles. The fourth-order valence-corrected chi connectivity index (χ4v) is 2.55. The van der Waals surface area contributed by atoms with Gasteiger partial charge < -0.3 is 16.0 Å². The zero-order chi connectivity index (χ0) is 13.4. The van der Waals surface area contributed by atoms with Crippen molar-refractivity contribution in [3.63, 3.8) is 0 Å². The Balaban J connectivity index is 2.26. The molecule has 1 unspecified atom stereocenters. The normalized spacial score (nSPS) is 18.7. The van der Waals surface area contributed by atoms with E-state index in [9.17, 15) is 4.79 Å². The third-order valence-corrected chi connectivity index (χ3v) is 3.88. The van der Waals surface area contributed by atoms with Gasteiger partial charge in [0.25, 0.3) is 0 Å². The Morgan fingerprint density at radius 1 is 1.39 bits per heavy atom. The number of amides is 2. The maximum absolute atomic E-state index is 12.0. The third-order valence-electron chi connectivity index (χ3n) is 3.88. The highest BCUT2D eigenvalue weighted by atomic mass is 16.2.